The van der Waals surface area contributed by atoms with Crippen molar-refractivity contribution in [3.05, 3.63) is 35.7 Å². The summed E-state index contributed by atoms with van der Waals surface area (Å²) in [6.45, 7) is 3.80. The molecule has 4 nitrogen and oxygen atoms in total. The molecule has 0 saturated heterocycles. The van der Waals surface area contributed by atoms with E-state index in [4.69, 9.17) is 4.42 Å². The number of halogens is 1. The Labute approximate surface area is 128 Å². The molecule has 1 fully saturated rings. The number of hydrogen-bond donors (Lipinski definition) is 1. The van der Waals surface area contributed by atoms with Crippen LogP contribution in [0.3, 0.4) is 0 Å². The molecular weight excluding hydrogens is 283 g/mol. The number of oxazole rings is 1. The van der Waals surface area contributed by atoms with Gasteiger partial charge in [-0.05, 0) is 50.8 Å². The highest BCUT2D eigenvalue weighted by atomic mass is 19.1. The number of rotatable bonds is 4. The molecule has 1 aliphatic carbocycles. The molecule has 116 valence electrons. The van der Waals surface area contributed by atoms with Gasteiger partial charge in [-0.3, -0.25) is 4.79 Å². The second-order valence-corrected chi connectivity index (χ2v) is 6.05. The van der Waals surface area contributed by atoms with Crippen molar-refractivity contribution in [3.63, 3.8) is 0 Å². The van der Waals surface area contributed by atoms with Gasteiger partial charge in [0.25, 0.3) is 0 Å². The summed E-state index contributed by atoms with van der Waals surface area (Å²) in [5.74, 6) is 0.229. The average molecular weight is 302 g/mol. The van der Waals surface area contributed by atoms with E-state index >= 15 is 0 Å². The van der Waals surface area contributed by atoms with Crippen molar-refractivity contribution in [2.75, 3.05) is 5.32 Å². The smallest absolute Gasteiger partial charge is 0.227 e. The summed E-state index contributed by atoms with van der Waals surface area (Å²) in [6.07, 6.45) is 3.34. The number of hydrogen-bond acceptors (Lipinski definition) is 3. The third-order valence-electron chi connectivity index (χ3n) is 4.10. The average Bonchev–Trinajstić information content (AvgIpc) is 2.85. The molecule has 0 unspecified atom stereocenters. The van der Waals surface area contributed by atoms with Gasteiger partial charge < -0.3 is 9.73 Å². The summed E-state index contributed by atoms with van der Waals surface area (Å²) >= 11 is 0. The van der Waals surface area contributed by atoms with E-state index in [1.54, 1.807) is 12.3 Å². The van der Waals surface area contributed by atoms with E-state index in [1.165, 1.54) is 0 Å². The van der Waals surface area contributed by atoms with E-state index in [0.29, 0.717) is 24.4 Å². The van der Waals surface area contributed by atoms with Crippen LogP contribution in [-0.2, 0) is 4.79 Å². The first-order valence-electron chi connectivity index (χ1n) is 7.47. The number of amides is 1. The number of nitrogens with zero attached hydrogens (tertiary/aromatic N) is 1. The van der Waals surface area contributed by atoms with Crippen molar-refractivity contribution in [3.8, 4) is 11.5 Å². The quantitative estimate of drug-likeness (QED) is 0.921. The van der Waals surface area contributed by atoms with Crippen molar-refractivity contribution >= 4 is 11.6 Å². The summed E-state index contributed by atoms with van der Waals surface area (Å²) in [5, 5.41) is 2.76. The number of alkyl halides is 1. The van der Waals surface area contributed by atoms with Gasteiger partial charge in [-0.25, -0.2) is 9.37 Å². The molecule has 1 aromatic carbocycles. The van der Waals surface area contributed by atoms with Crippen molar-refractivity contribution < 1.29 is 13.6 Å². The molecule has 1 aliphatic rings. The zero-order valence-corrected chi connectivity index (χ0v) is 12.8. The normalized spacial score (nSPS) is 16.1. The predicted octanol–water partition coefficient (Wildman–Crippen LogP) is 4.18. The van der Waals surface area contributed by atoms with Gasteiger partial charge in [0.1, 0.15) is 11.9 Å². The molecule has 3 rings (SSSR count). The Kier molecular flexibility index (Phi) is 3.72. The predicted molar refractivity (Wildman–Crippen MR) is 82.3 cm³/mol. The minimum atomic E-state index is -1.31. The Hall–Kier alpha value is -2.17. The molecule has 0 atom stereocenters. The fourth-order valence-electron chi connectivity index (χ4n) is 2.64. The zero-order valence-electron chi connectivity index (χ0n) is 12.8. The standard InChI is InChI=1S/C17H19FN2O2/c1-11-4-5-13(8-14(11)16-19-12(2)10-22-16)20-15(21)9-17(18)6-3-7-17/h4-5,8,10H,3,6-7,9H2,1-2H3,(H,20,21). The van der Waals surface area contributed by atoms with Crippen LogP contribution in [0.15, 0.2) is 28.9 Å². The van der Waals surface area contributed by atoms with Crippen LogP contribution in [-0.4, -0.2) is 16.6 Å². The van der Waals surface area contributed by atoms with Gasteiger partial charge in [0.2, 0.25) is 11.8 Å². The number of aryl methyl sites for hydroxylation is 2. The SMILES string of the molecule is Cc1coc(-c2cc(NC(=O)CC3(F)CCC3)ccc2C)n1. The van der Waals surface area contributed by atoms with Gasteiger partial charge in [0.15, 0.2) is 0 Å². The van der Waals surface area contributed by atoms with Gasteiger partial charge >= 0.3 is 0 Å². The van der Waals surface area contributed by atoms with Crippen molar-refractivity contribution in [1.82, 2.24) is 4.98 Å². The summed E-state index contributed by atoms with van der Waals surface area (Å²) in [6, 6.07) is 5.50. The van der Waals surface area contributed by atoms with Crippen molar-refractivity contribution in [1.29, 1.82) is 0 Å². The lowest BCUT2D eigenvalue weighted by Gasteiger charge is -2.33. The first kappa shape index (κ1) is 14.8. The third-order valence-corrected chi connectivity index (χ3v) is 4.10. The molecule has 1 N–H and O–H groups in total. The highest BCUT2D eigenvalue weighted by molar-refractivity contribution is 5.92. The first-order chi connectivity index (χ1) is 10.5. The Morgan fingerprint density at radius 1 is 1.41 bits per heavy atom. The molecule has 1 heterocycles. The number of benzene rings is 1. The number of anilines is 1. The monoisotopic (exact) mass is 302 g/mol. The summed E-state index contributed by atoms with van der Waals surface area (Å²) < 4.78 is 19.4. The van der Waals surface area contributed by atoms with Gasteiger partial charge in [0.05, 0.1) is 12.1 Å². The lowest BCUT2D eigenvalue weighted by Crippen LogP contribution is -2.36. The van der Waals surface area contributed by atoms with Crippen LogP contribution in [0, 0.1) is 13.8 Å². The van der Waals surface area contributed by atoms with E-state index in [9.17, 15) is 9.18 Å². The van der Waals surface area contributed by atoms with Gasteiger partial charge in [-0.15, -0.1) is 0 Å². The Morgan fingerprint density at radius 3 is 2.77 bits per heavy atom. The van der Waals surface area contributed by atoms with E-state index in [-0.39, 0.29) is 12.3 Å². The molecular formula is C17H19FN2O2. The molecule has 0 bridgehead atoms. The highest BCUT2D eigenvalue weighted by Gasteiger charge is 2.38. The molecule has 0 radical (unpaired) electrons. The van der Waals surface area contributed by atoms with E-state index in [2.05, 4.69) is 10.3 Å². The Morgan fingerprint density at radius 2 is 2.18 bits per heavy atom. The second kappa shape index (κ2) is 5.55. The van der Waals surface area contributed by atoms with Crippen LogP contribution in [0.1, 0.15) is 36.9 Å². The first-order valence-corrected chi connectivity index (χ1v) is 7.47. The minimum Gasteiger partial charge on any atom is -0.444 e. The lowest BCUT2D eigenvalue weighted by atomic mass is 9.79. The summed E-state index contributed by atoms with van der Waals surface area (Å²) in [5.41, 5.74) is 1.94. The van der Waals surface area contributed by atoms with E-state index < -0.39 is 5.67 Å². The van der Waals surface area contributed by atoms with Crippen molar-refractivity contribution in [2.45, 2.75) is 45.2 Å². The fraction of sp³-hybridized carbons (Fsp3) is 0.412. The maximum absolute atomic E-state index is 14.0. The van der Waals surface area contributed by atoms with Crippen LogP contribution in [0.25, 0.3) is 11.5 Å². The number of nitrogens with one attached hydrogen (secondary N) is 1. The van der Waals surface area contributed by atoms with Crippen LogP contribution in [0.4, 0.5) is 10.1 Å². The van der Waals surface area contributed by atoms with Crippen molar-refractivity contribution in [2.24, 2.45) is 0 Å². The van der Waals surface area contributed by atoms with Crippen LogP contribution in [0.5, 0.6) is 0 Å². The molecule has 2 aromatic rings. The van der Waals surface area contributed by atoms with Crippen LogP contribution >= 0.6 is 0 Å². The van der Waals surface area contributed by atoms with E-state index in [1.807, 2.05) is 26.0 Å². The Balaban J connectivity index is 1.76. The van der Waals surface area contributed by atoms with Crippen LogP contribution < -0.4 is 5.32 Å². The molecule has 0 aliphatic heterocycles. The topological polar surface area (TPSA) is 55.1 Å². The lowest BCUT2D eigenvalue weighted by molar-refractivity contribution is -0.120. The van der Waals surface area contributed by atoms with Gasteiger partial charge in [-0.2, -0.15) is 0 Å². The third kappa shape index (κ3) is 3.03. The van der Waals surface area contributed by atoms with Gasteiger partial charge in [0, 0.05) is 11.3 Å². The molecule has 1 saturated carbocycles. The second-order valence-electron chi connectivity index (χ2n) is 6.05. The molecule has 5 heteroatoms. The van der Waals surface area contributed by atoms with Crippen LogP contribution in [0.2, 0.25) is 0 Å². The summed E-state index contributed by atoms with van der Waals surface area (Å²) in [4.78, 5) is 16.3. The number of carbonyl (C=O) groups is 1. The summed E-state index contributed by atoms with van der Waals surface area (Å²) in [7, 11) is 0. The largest absolute Gasteiger partial charge is 0.444 e. The molecule has 0 spiro atoms. The van der Waals surface area contributed by atoms with Gasteiger partial charge in [-0.1, -0.05) is 6.07 Å². The van der Waals surface area contributed by atoms with E-state index in [0.717, 1.165) is 23.2 Å². The fourth-order valence-corrected chi connectivity index (χ4v) is 2.64. The molecule has 1 amide bonds. The number of carbonyl (C=O) groups excluding carboxylic acids is 1. The zero-order chi connectivity index (χ0) is 15.7. The highest BCUT2D eigenvalue weighted by Crippen LogP contribution is 2.39. The Bertz CT molecular complexity index is 704. The molecule has 22 heavy (non-hydrogen) atoms. The molecule has 1 aromatic heterocycles. The number of aromatic nitrogens is 1. The minimum absolute atomic E-state index is 0.0751. The maximum Gasteiger partial charge on any atom is 0.227 e. The maximum atomic E-state index is 14.0.